The summed E-state index contributed by atoms with van der Waals surface area (Å²) in [6.45, 7) is 2.10. The van der Waals surface area contributed by atoms with Crippen molar-refractivity contribution < 1.29 is 19.3 Å². The van der Waals surface area contributed by atoms with Gasteiger partial charge >= 0.3 is 6.03 Å². The molecule has 1 aromatic carbocycles. The Morgan fingerprint density at radius 3 is 2.62 bits per heavy atom. The van der Waals surface area contributed by atoms with E-state index in [9.17, 15) is 14.4 Å². The number of quaternary nitrogens is 1. The minimum atomic E-state index is -1.06. The summed E-state index contributed by atoms with van der Waals surface area (Å²) in [7, 11) is 1.80. The second kappa shape index (κ2) is 6.24. The first-order chi connectivity index (χ1) is 11.4. The van der Waals surface area contributed by atoms with E-state index in [0.29, 0.717) is 6.04 Å². The third-order valence-corrected chi connectivity index (χ3v) is 4.46. The predicted octanol–water partition coefficient (Wildman–Crippen LogP) is -0.796. The smallest absolute Gasteiger partial charge is 0.329 e. The Bertz CT molecular complexity index is 659. The van der Waals surface area contributed by atoms with Crippen LogP contribution in [0, 0.1) is 0 Å². The Morgan fingerprint density at radius 1 is 1.33 bits per heavy atom. The van der Waals surface area contributed by atoms with Crippen LogP contribution in [0.2, 0.25) is 0 Å². The minimum absolute atomic E-state index is 0.0483. The molecule has 4 amide bonds. The maximum atomic E-state index is 12.8. The topological polar surface area (TPSA) is 82.9 Å². The highest BCUT2D eigenvalue weighted by atomic mass is 16.2. The minimum Gasteiger partial charge on any atom is -0.348 e. The van der Waals surface area contributed by atoms with Gasteiger partial charge in [0, 0.05) is 6.04 Å². The molecular formula is C17H23N4O3+. The van der Waals surface area contributed by atoms with Crippen molar-refractivity contribution in [3.63, 3.8) is 0 Å². The zero-order valence-electron chi connectivity index (χ0n) is 14.0. The lowest BCUT2D eigenvalue weighted by molar-refractivity contribution is -0.879. The molecule has 1 aromatic rings. The summed E-state index contributed by atoms with van der Waals surface area (Å²) in [5.74, 6) is -0.339. The first kappa shape index (κ1) is 16.4. The largest absolute Gasteiger partial charge is 0.348 e. The molecule has 1 unspecified atom stereocenters. The van der Waals surface area contributed by atoms with Gasteiger partial charge in [-0.2, -0.15) is 0 Å². The molecule has 1 aliphatic heterocycles. The predicted molar refractivity (Wildman–Crippen MR) is 87.0 cm³/mol. The van der Waals surface area contributed by atoms with Crippen LogP contribution >= 0.6 is 0 Å². The quantitative estimate of drug-likeness (QED) is 0.597. The van der Waals surface area contributed by atoms with Gasteiger partial charge in [-0.05, 0) is 25.3 Å². The molecule has 0 radical (unpaired) electrons. The number of hydrogen-bond acceptors (Lipinski definition) is 3. The Hall–Kier alpha value is -2.41. The summed E-state index contributed by atoms with van der Waals surface area (Å²) in [5, 5.41) is 5.68. The van der Waals surface area contributed by atoms with Gasteiger partial charge in [0.25, 0.3) is 11.8 Å². The van der Waals surface area contributed by atoms with Gasteiger partial charge in [-0.15, -0.1) is 0 Å². The number of rotatable bonds is 6. The average Bonchev–Trinajstić information content (AvgIpc) is 3.32. The van der Waals surface area contributed by atoms with Crippen molar-refractivity contribution in [3.8, 4) is 0 Å². The van der Waals surface area contributed by atoms with E-state index in [-0.39, 0.29) is 25.0 Å². The van der Waals surface area contributed by atoms with Gasteiger partial charge in [-0.25, -0.2) is 9.69 Å². The van der Waals surface area contributed by atoms with Gasteiger partial charge in [0.05, 0.1) is 7.05 Å². The molecule has 2 atom stereocenters. The molecule has 1 saturated carbocycles. The van der Waals surface area contributed by atoms with Gasteiger partial charge < -0.3 is 15.5 Å². The first-order valence-corrected chi connectivity index (χ1v) is 8.20. The summed E-state index contributed by atoms with van der Waals surface area (Å²) >= 11 is 0. The van der Waals surface area contributed by atoms with Crippen LogP contribution < -0.4 is 15.5 Å². The summed E-state index contributed by atoms with van der Waals surface area (Å²) in [5.41, 5.74) is -0.315. The normalized spacial score (nSPS) is 24.7. The molecule has 0 aromatic heterocycles. The van der Waals surface area contributed by atoms with Crippen LogP contribution in [0.1, 0.15) is 25.3 Å². The van der Waals surface area contributed by atoms with Crippen LogP contribution in [0.4, 0.5) is 4.79 Å². The first-order valence-electron chi connectivity index (χ1n) is 8.20. The van der Waals surface area contributed by atoms with Crippen LogP contribution in [0.3, 0.4) is 0 Å². The van der Waals surface area contributed by atoms with E-state index in [1.54, 1.807) is 14.0 Å². The maximum Gasteiger partial charge on any atom is 0.329 e. The number of carbonyl (C=O) groups excluding carboxylic acids is 3. The highest BCUT2D eigenvalue weighted by Crippen LogP contribution is 2.27. The van der Waals surface area contributed by atoms with Gasteiger partial charge in [0.15, 0.2) is 13.2 Å². The summed E-state index contributed by atoms with van der Waals surface area (Å²) in [6.07, 6.45) is 2.07. The van der Waals surface area contributed by atoms with Crippen molar-refractivity contribution in [2.75, 3.05) is 20.3 Å². The Morgan fingerprint density at radius 2 is 2.00 bits per heavy atom. The number of likely N-dealkylation sites (N-methyl/N-ethyl adjacent to an activating group) is 1. The van der Waals surface area contributed by atoms with Crippen molar-refractivity contribution in [1.82, 2.24) is 15.5 Å². The van der Waals surface area contributed by atoms with Gasteiger partial charge in [-0.3, -0.25) is 9.59 Å². The molecule has 2 aliphatic rings. The number of nitrogens with one attached hydrogen (secondary N) is 3. The van der Waals surface area contributed by atoms with Crippen LogP contribution in [0.25, 0.3) is 0 Å². The zero-order valence-corrected chi connectivity index (χ0v) is 14.0. The van der Waals surface area contributed by atoms with E-state index in [1.807, 2.05) is 30.3 Å². The fourth-order valence-corrected chi connectivity index (χ4v) is 2.91. The van der Waals surface area contributed by atoms with E-state index < -0.39 is 11.6 Å². The van der Waals surface area contributed by atoms with Crippen LogP contribution in [-0.2, 0) is 15.1 Å². The molecule has 7 heteroatoms. The zero-order chi connectivity index (χ0) is 17.3. The van der Waals surface area contributed by atoms with Crippen LogP contribution in [-0.4, -0.2) is 49.0 Å². The maximum absolute atomic E-state index is 12.8. The van der Waals surface area contributed by atoms with E-state index >= 15 is 0 Å². The Labute approximate surface area is 141 Å². The van der Waals surface area contributed by atoms with E-state index in [1.165, 1.54) is 4.90 Å². The van der Waals surface area contributed by atoms with Gasteiger partial charge in [0.1, 0.15) is 5.54 Å². The molecule has 128 valence electrons. The van der Waals surface area contributed by atoms with Crippen molar-refractivity contribution in [3.05, 3.63) is 35.9 Å². The van der Waals surface area contributed by atoms with Gasteiger partial charge in [0.2, 0.25) is 0 Å². The molecule has 2 fully saturated rings. The molecular weight excluding hydrogens is 308 g/mol. The van der Waals surface area contributed by atoms with Crippen LogP contribution in [0.5, 0.6) is 0 Å². The van der Waals surface area contributed by atoms with E-state index in [2.05, 4.69) is 10.6 Å². The number of carbonyl (C=O) groups is 3. The molecule has 1 heterocycles. The number of amides is 4. The summed E-state index contributed by atoms with van der Waals surface area (Å²) in [4.78, 5) is 38.9. The highest BCUT2D eigenvalue weighted by Gasteiger charge is 2.50. The number of imide groups is 1. The Kier molecular flexibility index (Phi) is 4.28. The number of nitrogens with zero attached hydrogens (tertiary/aromatic N) is 1. The van der Waals surface area contributed by atoms with Crippen molar-refractivity contribution >= 4 is 17.8 Å². The third kappa shape index (κ3) is 3.26. The lowest BCUT2D eigenvalue weighted by Gasteiger charge is -2.23. The molecule has 3 N–H and O–H groups in total. The molecule has 1 saturated heterocycles. The number of benzene rings is 1. The SMILES string of the molecule is C[NH+](CC(=O)NC1CC1)CN1C(=O)N[C@](C)(c2ccccc2)C1=O. The van der Waals surface area contributed by atoms with Crippen molar-refractivity contribution in [2.45, 2.75) is 31.3 Å². The van der Waals surface area contributed by atoms with Gasteiger partial charge in [-0.1, -0.05) is 30.3 Å². The molecule has 3 rings (SSSR count). The molecule has 0 bridgehead atoms. The summed E-state index contributed by atoms with van der Waals surface area (Å²) < 4.78 is 0. The van der Waals surface area contributed by atoms with Crippen molar-refractivity contribution in [2.24, 2.45) is 0 Å². The second-order valence-corrected chi connectivity index (χ2v) is 6.79. The second-order valence-electron chi connectivity index (χ2n) is 6.79. The molecule has 0 spiro atoms. The van der Waals surface area contributed by atoms with Crippen molar-refractivity contribution in [1.29, 1.82) is 0 Å². The Balaban J connectivity index is 1.64. The lowest BCUT2D eigenvalue weighted by Crippen LogP contribution is -3.12. The fraction of sp³-hybridized carbons (Fsp3) is 0.471. The molecule has 1 aliphatic carbocycles. The van der Waals surface area contributed by atoms with E-state index in [4.69, 9.17) is 0 Å². The highest BCUT2D eigenvalue weighted by molar-refractivity contribution is 6.07. The lowest BCUT2D eigenvalue weighted by atomic mass is 9.92. The average molecular weight is 331 g/mol. The fourth-order valence-electron chi connectivity index (χ4n) is 2.91. The molecule has 24 heavy (non-hydrogen) atoms. The monoisotopic (exact) mass is 331 g/mol. The number of hydrogen-bond donors (Lipinski definition) is 3. The van der Waals surface area contributed by atoms with Crippen LogP contribution in [0.15, 0.2) is 30.3 Å². The summed E-state index contributed by atoms with van der Waals surface area (Å²) in [6, 6.07) is 9.06. The van der Waals surface area contributed by atoms with E-state index in [0.717, 1.165) is 23.3 Å². The standard InChI is InChI=1S/C17H22N4O3/c1-17(12-6-4-3-5-7-12)15(23)21(16(24)19-17)11-20(2)10-14(22)18-13-8-9-13/h3-7,13H,8-11H2,1-2H3,(H,18,22)(H,19,24)/p+1/t17-/m1/s1. The molecule has 7 nitrogen and oxygen atoms in total. The third-order valence-electron chi connectivity index (χ3n) is 4.46. The number of urea groups is 1.